The molecule has 1 fully saturated rings. The average molecular weight is 318 g/mol. The highest BCUT2D eigenvalue weighted by atomic mass is 32.2. The predicted octanol–water partition coefficient (Wildman–Crippen LogP) is 1.22. The summed E-state index contributed by atoms with van der Waals surface area (Å²) in [6, 6.07) is 3.04. The lowest BCUT2D eigenvalue weighted by Gasteiger charge is -2.21. The third kappa shape index (κ3) is 4.02. The number of nitrogens with two attached hydrogens (primary N) is 1. The van der Waals surface area contributed by atoms with E-state index in [1.54, 1.807) is 12.1 Å². The third-order valence-electron chi connectivity index (χ3n) is 3.58. The molecule has 0 bridgehead atoms. The molecule has 2 atom stereocenters. The van der Waals surface area contributed by atoms with E-state index in [4.69, 9.17) is 5.73 Å². The van der Waals surface area contributed by atoms with Crippen molar-refractivity contribution in [3.63, 3.8) is 0 Å². The number of hydrogen-bond donors (Lipinski definition) is 3. The van der Waals surface area contributed by atoms with Crippen molar-refractivity contribution in [3.05, 3.63) is 17.0 Å². The van der Waals surface area contributed by atoms with E-state index >= 15 is 0 Å². The third-order valence-corrected chi connectivity index (χ3v) is 6.71. The number of nitrogens with one attached hydrogen (secondary N) is 1. The van der Waals surface area contributed by atoms with E-state index in [1.807, 2.05) is 0 Å². The lowest BCUT2D eigenvalue weighted by molar-refractivity contribution is 0.130. The summed E-state index contributed by atoms with van der Waals surface area (Å²) >= 11 is 1.25. The second-order valence-electron chi connectivity index (χ2n) is 5.19. The molecule has 0 aliphatic heterocycles. The Morgan fingerprint density at radius 1 is 1.30 bits per heavy atom. The molecule has 2 unspecified atom stereocenters. The first-order valence-corrected chi connectivity index (χ1v) is 9.32. The molecule has 2 rings (SSSR count). The number of rotatable bonds is 5. The molecule has 0 radical (unpaired) electrons. The van der Waals surface area contributed by atoms with Gasteiger partial charge in [0.1, 0.15) is 4.21 Å². The fourth-order valence-electron chi connectivity index (χ4n) is 2.46. The van der Waals surface area contributed by atoms with Crippen molar-refractivity contribution in [3.8, 4) is 0 Å². The molecule has 114 valence electrons. The van der Waals surface area contributed by atoms with Gasteiger partial charge in [0.05, 0.1) is 6.10 Å². The van der Waals surface area contributed by atoms with Crippen LogP contribution in [-0.4, -0.2) is 32.2 Å². The first-order chi connectivity index (χ1) is 9.53. The Bertz CT molecular complexity index is 527. The highest BCUT2D eigenvalue weighted by molar-refractivity contribution is 7.91. The summed E-state index contributed by atoms with van der Waals surface area (Å²) in [5.74, 6) is 0. The molecule has 20 heavy (non-hydrogen) atoms. The number of aliphatic hydroxyl groups excluding tert-OH is 1. The van der Waals surface area contributed by atoms with Crippen LogP contribution in [0.3, 0.4) is 0 Å². The topological polar surface area (TPSA) is 92.4 Å². The second-order valence-corrected chi connectivity index (χ2v) is 8.30. The molecular formula is C13H22N2O3S2. The van der Waals surface area contributed by atoms with Crippen LogP contribution in [-0.2, 0) is 16.4 Å². The Balaban J connectivity index is 2.08. The van der Waals surface area contributed by atoms with Crippen molar-refractivity contribution >= 4 is 21.4 Å². The Morgan fingerprint density at radius 2 is 2.05 bits per heavy atom. The molecule has 1 aliphatic rings. The summed E-state index contributed by atoms with van der Waals surface area (Å²) in [5, 5.41) is 10.0. The molecule has 1 heterocycles. The molecular weight excluding hydrogens is 296 g/mol. The van der Waals surface area contributed by atoms with Gasteiger partial charge in [-0.05, 0) is 37.9 Å². The highest BCUT2D eigenvalue weighted by Gasteiger charge is 2.27. The Kier molecular flexibility index (Phi) is 5.57. The van der Waals surface area contributed by atoms with E-state index in [9.17, 15) is 13.5 Å². The van der Waals surface area contributed by atoms with Crippen LogP contribution in [0, 0.1) is 0 Å². The van der Waals surface area contributed by atoms with Gasteiger partial charge < -0.3 is 10.8 Å². The first-order valence-electron chi connectivity index (χ1n) is 7.02. The van der Waals surface area contributed by atoms with Crippen LogP contribution in [0.15, 0.2) is 16.3 Å². The van der Waals surface area contributed by atoms with Crippen molar-refractivity contribution in [2.75, 3.05) is 6.54 Å². The minimum Gasteiger partial charge on any atom is -0.391 e. The standard InChI is InChI=1S/C13H22N2O3S2/c14-9-8-10-6-7-13(19-10)20(17,18)15-11-4-2-1-3-5-12(11)16/h6-7,11-12,15-16H,1-5,8-9,14H2. The highest BCUT2D eigenvalue weighted by Crippen LogP contribution is 2.24. The van der Waals surface area contributed by atoms with Crippen LogP contribution in [0.5, 0.6) is 0 Å². The van der Waals surface area contributed by atoms with E-state index in [1.165, 1.54) is 11.3 Å². The summed E-state index contributed by atoms with van der Waals surface area (Å²) in [6.07, 6.45) is 4.42. The fraction of sp³-hybridized carbons (Fsp3) is 0.692. The van der Waals surface area contributed by atoms with Gasteiger partial charge in [0, 0.05) is 10.9 Å². The van der Waals surface area contributed by atoms with E-state index < -0.39 is 16.1 Å². The lowest BCUT2D eigenvalue weighted by Crippen LogP contribution is -2.42. The van der Waals surface area contributed by atoms with Crippen LogP contribution in [0.25, 0.3) is 0 Å². The molecule has 1 saturated carbocycles. The maximum atomic E-state index is 12.3. The Morgan fingerprint density at radius 3 is 2.80 bits per heavy atom. The Labute approximate surface area is 124 Å². The molecule has 0 spiro atoms. The van der Waals surface area contributed by atoms with Gasteiger partial charge in [-0.2, -0.15) is 0 Å². The van der Waals surface area contributed by atoms with E-state index in [0.717, 1.165) is 24.1 Å². The lowest BCUT2D eigenvalue weighted by atomic mass is 10.1. The van der Waals surface area contributed by atoms with Crippen molar-refractivity contribution in [2.24, 2.45) is 5.73 Å². The van der Waals surface area contributed by atoms with E-state index in [-0.39, 0.29) is 6.04 Å². The largest absolute Gasteiger partial charge is 0.391 e. The van der Waals surface area contributed by atoms with Gasteiger partial charge >= 0.3 is 0 Å². The maximum Gasteiger partial charge on any atom is 0.250 e. The van der Waals surface area contributed by atoms with Crippen LogP contribution < -0.4 is 10.5 Å². The summed E-state index contributed by atoms with van der Waals surface area (Å²) in [4.78, 5) is 0.967. The molecule has 4 N–H and O–H groups in total. The quantitative estimate of drug-likeness (QED) is 0.712. The smallest absolute Gasteiger partial charge is 0.250 e. The molecule has 1 aromatic heterocycles. The monoisotopic (exact) mass is 318 g/mol. The molecule has 0 saturated heterocycles. The first kappa shape index (κ1) is 15.9. The van der Waals surface area contributed by atoms with Crippen LogP contribution in [0.1, 0.15) is 37.0 Å². The SMILES string of the molecule is NCCc1ccc(S(=O)(=O)NC2CCCCCC2O)s1. The van der Waals surface area contributed by atoms with Gasteiger partial charge in [0.15, 0.2) is 0 Å². The minimum atomic E-state index is -3.54. The maximum absolute atomic E-state index is 12.3. The molecule has 7 heteroatoms. The Hall–Kier alpha value is -0.470. The zero-order valence-corrected chi connectivity index (χ0v) is 13.0. The van der Waals surface area contributed by atoms with Gasteiger partial charge in [-0.1, -0.05) is 19.3 Å². The van der Waals surface area contributed by atoms with Crippen molar-refractivity contribution in [1.29, 1.82) is 0 Å². The predicted molar refractivity (Wildman–Crippen MR) is 80.3 cm³/mol. The molecule has 1 aliphatic carbocycles. The molecule has 0 aromatic carbocycles. The summed E-state index contributed by atoms with van der Waals surface area (Å²) in [6.45, 7) is 0.509. The number of sulfonamides is 1. The van der Waals surface area contributed by atoms with Gasteiger partial charge in [0.25, 0.3) is 0 Å². The number of aliphatic hydroxyl groups is 1. The molecule has 1 aromatic rings. The van der Waals surface area contributed by atoms with Crippen molar-refractivity contribution in [2.45, 2.75) is 54.9 Å². The van der Waals surface area contributed by atoms with Crippen LogP contribution in [0.4, 0.5) is 0 Å². The summed E-state index contributed by atoms with van der Waals surface area (Å²) < 4.78 is 27.6. The molecule has 5 nitrogen and oxygen atoms in total. The van der Waals surface area contributed by atoms with E-state index in [2.05, 4.69) is 4.72 Å². The average Bonchev–Trinajstić information content (AvgIpc) is 2.78. The number of thiophene rings is 1. The second kappa shape index (κ2) is 7.00. The normalized spacial score (nSPS) is 24.5. The van der Waals surface area contributed by atoms with Crippen LogP contribution >= 0.6 is 11.3 Å². The van der Waals surface area contributed by atoms with Gasteiger partial charge in [-0.25, -0.2) is 13.1 Å². The van der Waals surface area contributed by atoms with Crippen LogP contribution in [0.2, 0.25) is 0 Å². The fourth-order valence-corrected chi connectivity index (χ4v) is 5.15. The number of hydrogen-bond acceptors (Lipinski definition) is 5. The summed E-state index contributed by atoms with van der Waals surface area (Å²) in [5.41, 5.74) is 5.47. The summed E-state index contributed by atoms with van der Waals surface area (Å²) in [7, 11) is -3.54. The molecule has 0 amide bonds. The zero-order chi connectivity index (χ0) is 14.6. The zero-order valence-electron chi connectivity index (χ0n) is 11.4. The van der Waals surface area contributed by atoms with Crippen molar-refractivity contribution < 1.29 is 13.5 Å². The minimum absolute atomic E-state index is 0.303. The van der Waals surface area contributed by atoms with Gasteiger partial charge in [-0.15, -0.1) is 11.3 Å². The van der Waals surface area contributed by atoms with Gasteiger partial charge in [0.2, 0.25) is 10.0 Å². The van der Waals surface area contributed by atoms with E-state index in [0.29, 0.717) is 30.0 Å². The van der Waals surface area contributed by atoms with Gasteiger partial charge in [-0.3, -0.25) is 0 Å². The van der Waals surface area contributed by atoms with Crippen molar-refractivity contribution in [1.82, 2.24) is 4.72 Å².